The van der Waals surface area contributed by atoms with Gasteiger partial charge in [0.2, 0.25) is 0 Å². The van der Waals surface area contributed by atoms with Crippen LogP contribution in [0.2, 0.25) is 5.02 Å². The second-order valence-corrected chi connectivity index (χ2v) is 4.46. The number of ether oxygens (including phenoxy) is 1. The summed E-state index contributed by atoms with van der Waals surface area (Å²) in [5.41, 5.74) is 0. The molecule has 4 nitrogen and oxygen atoms in total. The van der Waals surface area contributed by atoms with Gasteiger partial charge < -0.3 is 9.84 Å². The second kappa shape index (κ2) is 5.38. The van der Waals surface area contributed by atoms with Gasteiger partial charge in [-0.1, -0.05) is 30.3 Å². The number of aliphatic hydroxyl groups excluding tert-OH is 1. The highest BCUT2D eigenvalue weighted by Crippen LogP contribution is 2.28. The van der Waals surface area contributed by atoms with E-state index in [1.807, 2.05) is 6.92 Å². The van der Waals surface area contributed by atoms with E-state index in [2.05, 4.69) is 9.97 Å². The molecule has 6 heteroatoms. The summed E-state index contributed by atoms with van der Waals surface area (Å²) in [4.78, 5) is 7.91. The molecule has 0 fully saturated rings. The molecule has 0 aliphatic rings. The molecule has 78 valence electrons. The van der Waals surface area contributed by atoms with Crippen LogP contribution in [0.25, 0.3) is 0 Å². The summed E-state index contributed by atoms with van der Waals surface area (Å²) in [6.45, 7) is 1.96. The molecule has 1 heterocycles. The SMILES string of the molecule is COc1ncc(Cl)c(SC(C)CO)n1. The number of hydrogen-bond acceptors (Lipinski definition) is 5. The van der Waals surface area contributed by atoms with Crippen LogP contribution in [0.5, 0.6) is 6.01 Å². The van der Waals surface area contributed by atoms with Crippen LogP contribution in [0.15, 0.2) is 11.2 Å². The third-order valence-corrected chi connectivity index (χ3v) is 2.92. The fourth-order valence-electron chi connectivity index (χ4n) is 0.745. The standard InChI is InChI=1S/C8H11ClN2O2S/c1-5(4-12)14-7-6(9)3-10-8(11-7)13-2/h3,5,12H,4H2,1-2H3. The van der Waals surface area contributed by atoms with Crippen molar-refractivity contribution in [3.05, 3.63) is 11.2 Å². The van der Waals surface area contributed by atoms with E-state index in [9.17, 15) is 0 Å². The van der Waals surface area contributed by atoms with E-state index >= 15 is 0 Å². The van der Waals surface area contributed by atoms with E-state index in [-0.39, 0.29) is 17.9 Å². The summed E-state index contributed by atoms with van der Waals surface area (Å²) in [7, 11) is 1.49. The molecule has 0 spiro atoms. The lowest BCUT2D eigenvalue weighted by atomic mass is 10.5. The maximum Gasteiger partial charge on any atom is 0.317 e. The molecule has 0 amide bonds. The third kappa shape index (κ3) is 3.01. The molecule has 14 heavy (non-hydrogen) atoms. The Balaban J connectivity index is 2.83. The first-order valence-corrected chi connectivity index (χ1v) is 5.27. The van der Waals surface area contributed by atoms with E-state index in [1.54, 1.807) is 0 Å². The van der Waals surface area contributed by atoms with Crippen LogP contribution in [0.1, 0.15) is 6.92 Å². The minimum absolute atomic E-state index is 0.0482. The van der Waals surface area contributed by atoms with Crippen LogP contribution in [-0.4, -0.2) is 34.0 Å². The van der Waals surface area contributed by atoms with Crippen molar-refractivity contribution in [1.29, 1.82) is 0 Å². The Morgan fingerprint density at radius 3 is 3.00 bits per heavy atom. The summed E-state index contributed by atoms with van der Waals surface area (Å²) >= 11 is 7.26. The van der Waals surface area contributed by atoms with Crippen LogP contribution in [-0.2, 0) is 0 Å². The van der Waals surface area contributed by atoms with Crippen molar-refractivity contribution in [3.8, 4) is 6.01 Å². The third-order valence-electron chi connectivity index (χ3n) is 1.44. The minimum atomic E-state index is 0.0482. The van der Waals surface area contributed by atoms with Crippen molar-refractivity contribution in [2.24, 2.45) is 0 Å². The van der Waals surface area contributed by atoms with Crippen LogP contribution in [0, 0.1) is 0 Å². The zero-order valence-electron chi connectivity index (χ0n) is 7.90. The predicted molar refractivity (Wildman–Crippen MR) is 56.0 cm³/mol. The highest BCUT2D eigenvalue weighted by molar-refractivity contribution is 8.00. The number of aliphatic hydroxyl groups is 1. The Hall–Kier alpha value is -0.520. The van der Waals surface area contributed by atoms with Gasteiger partial charge in [0.05, 0.1) is 24.9 Å². The Morgan fingerprint density at radius 2 is 2.43 bits per heavy atom. The Kier molecular flexibility index (Phi) is 4.44. The number of rotatable bonds is 4. The lowest BCUT2D eigenvalue weighted by Crippen LogP contribution is -2.03. The van der Waals surface area contributed by atoms with Gasteiger partial charge in [0, 0.05) is 5.25 Å². The molecule has 0 aliphatic heterocycles. The maximum absolute atomic E-state index is 8.87. The van der Waals surface area contributed by atoms with Crippen molar-refractivity contribution in [1.82, 2.24) is 9.97 Å². The molecular weight excluding hydrogens is 224 g/mol. The van der Waals surface area contributed by atoms with Crippen LogP contribution >= 0.6 is 23.4 Å². The van der Waals surface area contributed by atoms with Crippen LogP contribution < -0.4 is 4.74 Å². The molecule has 0 saturated heterocycles. The van der Waals surface area contributed by atoms with Crippen LogP contribution in [0.4, 0.5) is 0 Å². The van der Waals surface area contributed by atoms with Crippen molar-refractivity contribution in [3.63, 3.8) is 0 Å². The minimum Gasteiger partial charge on any atom is -0.467 e. The van der Waals surface area contributed by atoms with Crippen molar-refractivity contribution in [2.45, 2.75) is 17.2 Å². The molecule has 1 N–H and O–H groups in total. The molecule has 1 atom stereocenters. The van der Waals surface area contributed by atoms with Gasteiger partial charge in [-0.25, -0.2) is 4.98 Å². The molecule has 0 aromatic carbocycles. The number of thioether (sulfide) groups is 1. The summed E-state index contributed by atoms with van der Waals surface area (Å²) in [6.07, 6.45) is 1.49. The Morgan fingerprint density at radius 1 is 1.71 bits per heavy atom. The molecule has 1 aromatic rings. The fraction of sp³-hybridized carbons (Fsp3) is 0.500. The first kappa shape index (κ1) is 11.6. The number of hydrogen-bond donors (Lipinski definition) is 1. The molecule has 0 saturated carbocycles. The van der Waals surface area contributed by atoms with Crippen molar-refractivity contribution in [2.75, 3.05) is 13.7 Å². The Labute approximate surface area is 91.7 Å². The van der Waals surface area contributed by atoms with Gasteiger partial charge in [-0.3, -0.25) is 0 Å². The van der Waals surface area contributed by atoms with Crippen LogP contribution in [0.3, 0.4) is 0 Å². The highest BCUT2D eigenvalue weighted by Gasteiger charge is 2.10. The topological polar surface area (TPSA) is 55.2 Å². The zero-order chi connectivity index (χ0) is 10.6. The lowest BCUT2D eigenvalue weighted by Gasteiger charge is -2.08. The van der Waals surface area contributed by atoms with Gasteiger partial charge in [0.1, 0.15) is 5.03 Å². The van der Waals surface area contributed by atoms with E-state index in [0.717, 1.165) is 0 Å². The monoisotopic (exact) mass is 234 g/mol. The predicted octanol–water partition coefficient (Wildman–Crippen LogP) is 1.61. The van der Waals surface area contributed by atoms with Gasteiger partial charge in [0.15, 0.2) is 0 Å². The quantitative estimate of drug-likeness (QED) is 0.634. The maximum atomic E-state index is 8.87. The molecule has 1 aromatic heterocycles. The van der Waals surface area contributed by atoms with Crippen molar-refractivity contribution < 1.29 is 9.84 Å². The van der Waals surface area contributed by atoms with Gasteiger partial charge >= 0.3 is 6.01 Å². The summed E-state index contributed by atoms with van der Waals surface area (Å²) in [5.74, 6) is 0. The first-order valence-electron chi connectivity index (χ1n) is 4.01. The summed E-state index contributed by atoms with van der Waals surface area (Å²) in [5, 5.41) is 10.0. The van der Waals surface area contributed by atoms with E-state index < -0.39 is 0 Å². The molecular formula is C8H11ClN2O2S. The average molecular weight is 235 g/mol. The van der Waals surface area contributed by atoms with Gasteiger partial charge in [-0.15, -0.1) is 0 Å². The normalized spacial score (nSPS) is 12.6. The molecule has 1 unspecified atom stereocenters. The number of aromatic nitrogens is 2. The fourth-order valence-corrected chi connectivity index (χ4v) is 1.72. The van der Waals surface area contributed by atoms with Gasteiger partial charge in [-0.2, -0.15) is 4.98 Å². The number of methoxy groups -OCH3 is 1. The van der Waals surface area contributed by atoms with E-state index in [1.165, 1.54) is 25.1 Å². The lowest BCUT2D eigenvalue weighted by molar-refractivity contribution is 0.300. The summed E-state index contributed by atoms with van der Waals surface area (Å²) in [6, 6.07) is 0.280. The molecule has 0 radical (unpaired) electrons. The van der Waals surface area contributed by atoms with Gasteiger partial charge in [-0.05, 0) is 0 Å². The van der Waals surface area contributed by atoms with E-state index in [0.29, 0.717) is 10.0 Å². The number of nitrogens with zero attached hydrogens (tertiary/aromatic N) is 2. The molecule has 0 aliphatic carbocycles. The molecule has 0 bridgehead atoms. The molecule has 1 rings (SSSR count). The first-order chi connectivity index (χ1) is 6.67. The van der Waals surface area contributed by atoms with Crippen molar-refractivity contribution >= 4 is 23.4 Å². The average Bonchev–Trinajstić information content (AvgIpc) is 2.21. The van der Waals surface area contributed by atoms with Gasteiger partial charge in [0.25, 0.3) is 0 Å². The smallest absolute Gasteiger partial charge is 0.317 e. The zero-order valence-corrected chi connectivity index (χ0v) is 9.47. The summed E-state index contributed by atoms with van der Waals surface area (Å²) < 4.78 is 4.87. The highest BCUT2D eigenvalue weighted by atomic mass is 35.5. The Bertz CT molecular complexity index is 311. The largest absolute Gasteiger partial charge is 0.467 e. The van der Waals surface area contributed by atoms with E-state index in [4.69, 9.17) is 21.4 Å². The number of halogens is 1. The second-order valence-electron chi connectivity index (χ2n) is 2.62.